The van der Waals surface area contributed by atoms with Gasteiger partial charge in [-0.3, -0.25) is 4.98 Å². The predicted molar refractivity (Wildman–Crippen MR) is 214 cm³/mol. The normalized spacial score (nSPS) is 15.2. The summed E-state index contributed by atoms with van der Waals surface area (Å²) >= 11 is 0. The van der Waals surface area contributed by atoms with E-state index in [0.29, 0.717) is 0 Å². The van der Waals surface area contributed by atoms with Gasteiger partial charge < -0.3 is 4.57 Å². The van der Waals surface area contributed by atoms with Gasteiger partial charge in [0.2, 0.25) is 0 Å². The van der Waals surface area contributed by atoms with Crippen LogP contribution in [0.3, 0.4) is 0 Å². The molecule has 0 unspecified atom stereocenters. The zero-order chi connectivity index (χ0) is 33.7. The second-order valence-electron chi connectivity index (χ2n) is 14.1. The average Bonchev–Trinajstić information content (AvgIpc) is 3.67. The van der Waals surface area contributed by atoms with Crippen molar-refractivity contribution in [1.29, 1.82) is 0 Å². The third-order valence-corrected chi connectivity index (χ3v) is 11.5. The topological polar surface area (TPSA) is 17.8 Å². The quantitative estimate of drug-likeness (QED) is 0.174. The summed E-state index contributed by atoms with van der Waals surface area (Å²) in [7, 11) is 0. The lowest BCUT2D eigenvalue weighted by molar-refractivity contribution is 0.687. The molecule has 0 saturated heterocycles. The molecule has 1 aliphatic carbocycles. The summed E-state index contributed by atoms with van der Waals surface area (Å²) in [6.07, 6.45) is 1.93. The van der Waals surface area contributed by atoms with Crippen LogP contribution in [-0.2, 0) is 5.41 Å². The van der Waals surface area contributed by atoms with Gasteiger partial charge in [0.15, 0.2) is 0 Å². The Morgan fingerprint density at radius 2 is 1.04 bits per heavy atom. The first-order valence-electron chi connectivity index (χ1n) is 17.7. The van der Waals surface area contributed by atoms with Crippen LogP contribution in [0.5, 0.6) is 0 Å². The molecule has 0 saturated carbocycles. The Balaban J connectivity index is 1.10. The van der Waals surface area contributed by atoms with Gasteiger partial charge in [-0.15, -0.1) is 0 Å². The number of benzene rings is 8. The van der Waals surface area contributed by atoms with Crippen molar-refractivity contribution in [2.45, 2.75) is 12.3 Å². The Morgan fingerprint density at radius 1 is 0.431 bits per heavy atom. The van der Waals surface area contributed by atoms with Gasteiger partial charge in [0.1, 0.15) is 0 Å². The molecule has 0 N–H and O–H groups in total. The molecule has 0 spiro atoms. The predicted octanol–water partition coefficient (Wildman–Crippen LogP) is 12.6. The fourth-order valence-corrected chi connectivity index (χ4v) is 9.06. The molecule has 0 bridgehead atoms. The van der Waals surface area contributed by atoms with Crippen molar-refractivity contribution in [3.63, 3.8) is 0 Å². The highest BCUT2D eigenvalue weighted by Crippen LogP contribution is 2.52. The molecule has 2 heterocycles. The van der Waals surface area contributed by atoms with E-state index in [1.165, 1.54) is 93.2 Å². The number of nitrogens with zero attached hydrogens (tertiary/aromatic N) is 2. The fourth-order valence-electron chi connectivity index (χ4n) is 9.06. The van der Waals surface area contributed by atoms with Crippen LogP contribution in [0.4, 0.5) is 0 Å². The minimum absolute atomic E-state index is 0.305. The van der Waals surface area contributed by atoms with Crippen LogP contribution in [-0.4, -0.2) is 9.55 Å². The van der Waals surface area contributed by atoms with Crippen molar-refractivity contribution in [1.82, 2.24) is 9.55 Å². The summed E-state index contributed by atoms with van der Waals surface area (Å²) in [4.78, 5) is 4.96. The van der Waals surface area contributed by atoms with Crippen LogP contribution in [0.2, 0.25) is 0 Å². The van der Waals surface area contributed by atoms with Crippen LogP contribution in [0.1, 0.15) is 23.7 Å². The Hall–Kier alpha value is -6.51. The third kappa shape index (κ3) is 3.90. The first-order chi connectivity index (χ1) is 25.2. The summed E-state index contributed by atoms with van der Waals surface area (Å²) in [5.41, 5.74) is 11.9. The van der Waals surface area contributed by atoms with Crippen molar-refractivity contribution < 1.29 is 0 Å². The summed E-state index contributed by atoms with van der Waals surface area (Å²) in [5.74, 6) is 0. The molecule has 2 nitrogen and oxygen atoms in total. The van der Waals surface area contributed by atoms with Gasteiger partial charge >= 0.3 is 0 Å². The molecule has 0 fully saturated rings. The van der Waals surface area contributed by atoms with Crippen LogP contribution < -0.4 is 0 Å². The van der Waals surface area contributed by atoms with Crippen molar-refractivity contribution in [2.24, 2.45) is 0 Å². The van der Waals surface area contributed by atoms with E-state index >= 15 is 0 Å². The number of hydrogen-bond donors (Lipinski definition) is 0. The number of hydrogen-bond acceptors (Lipinski definition) is 1. The molecular formula is C49H32N2. The van der Waals surface area contributed by atoms with Crippen molar-refractivity contribution in [3.8, 4) is 27.9 Å². The van der Waals surface area contributed by atoms with E-state index in [0.717, 1.165) is 5.69 Å². The maximum Gasteiger partial charge on any atom is 0.0629 e. The minimum atomic E-state index is -0.305. The average molecular weight is 649 g/mol. The molecule has 1 aliphatic rings. The van der Waals surface area contributed by atoms with E-state index in [2.05, 4.69) is 181 Å². The molecule has 11 rings (SSSR count). The number of pyridine rings is 1. The fraction of sp³-hybridized carbons (Fsp3) is 0.0408. The molecular weight excluding hydrogens is 617 g/mol. The highest BCUT2D eigenvalue weighted by molar-refractivity contribution is 6.25. The number of fused-ring (bicyclic) bond motifs is 12. The van der Waals surface area contributed by atoms with Gasteiger partial charge in [-0.05, 0) is 110 Å². The summed E-state index contributed by atoms with van der Waals surface area (Å²) in [6, 6.07) is 62.5. The molecule has 10 aromatic rings. The first kappa shape index (κ1) is 28.3. The van der Waals surface area contributed by atoms with E-state index < -0.39 is 0 Å². The smallest absolute Gasteiger partial charge is 0.0629 e. The van der Waals surface area contributed by atoms with Crippen LogP contribution in [0.15, 0.2) is 176 Å². The minimum Gasteiger partial charge on any atom is -0.309 e. The largest absolute Gasteiger partial charge is 0.309 e. The second-order valence-corrected chi connectivity index (χ2v) is 14.1. The second kappa shape index (κ2) is 10.5. The summed E-state index contributed by atoms with van der Waals surface area (Å²) < 4.78 is 2.44. The highest BCUT2D eigenvalue weighted by atomic mass is 15.0. The first-order valence-corrected chi connectivity index (χ1v) is 17.7. The molecule has 2 aromatic heterocycles. The van der Waals surface area contributed by atoms with Gasteiger partial charge in [-0.2, -0.15) is 0 Å². The maximum absolute atomic E-state index is 4.96. The van der Waals surface area contributed by atoms with Crippen molar-refractivity contribution in [2.75, 3.05) is 0 Å². The summed E-state index contributed by atoms with van der Waals surface area (Å²) in [6.45, 7) is 2.32. The maximum atomic E-state index is 4.96. The van der Waals surface area contributed by atoms with Crippen molar-refractivity contribution >= 4 is 54.1 Å². The Morgan fingerprint density at radius 3 is 1.80 bits per heavy atom. The SMILES string of the molecule is C[C@]1(c2ccccc2)c2ccc(-c3ccc4c(c3)c3ccccc3n4-c3ccc4c5ccccc5c5ccccc5c4c3)cc2-c2cccnc21. The Labute approximate surface area is 295 Å². The standard InChI is InChI=1S/C49H32N2/c1-49(33-12-3-2-4-13-33)45-25-21-31(28-43(45)41-19-11-27-50-48(41)49)32-22-26-47-44(29-32)40-18-9-10-20-46(40)51(47)34-23-24-39-37-16-6-5-14-35(37)36-15-7-8-17-38(36)42(39)30-34/h2-30H,1H3/t49-/m0/s1. The number of aromatic nitrogens is 2. The molecule has 51 heavy (non-hydrogen) atoms. The zero-order valence-electron chi connectivity index (χ0n) is 28.1. The van der Waals surface area contributed by atoms with E-state index in [9.17, 15) is 0 Å². The van der Waals surface area contributed by atoms with E-state index in [1.807, 2.05) is 6.20 Å². The van der Waals surface area contributed by atoms with Crippen molar-refractivity contribution in [3.05, 3.63) is 193 Å². The molecule has 2 heteroatoms. The van der Waals surface area contributed by atoms with Gasteiger partial charge in [-0.25, -0.2) is 0 Å². The number of rotatable bonds is 3. The van der Waals surface area contributed by atoms with Gasteiger partial charge in [-0.1, -0.05) is 127 Å². The van der Waals surface area contributed by atoms with E-state index in [-0.39, 0.29) is 5.41 Å². The lowest BCUT2D eigenvalue weighted by atomic mass is 9.76. The Kier molecular flexibility index (Phi) is 5.83. The molecule has 0 radical (unpaired) electrons. The zero-order valence-corrected chi connectivity index (χ0v) is 28.1. The van der Waals surface area contributed by atoms with Gasteiger partial charge in [0, 0.05) is 28.2 Å². The summed E-state index contributed by atoms with van der Waals surface area (Å²) in [5, 5.41) is 10.2. The molecule has 8 aromatic carbocycles. The van der Waals surface area contributed by atoms with Gasteiger partial charge in [0.05, 0.1) is 22.1 Å². The molecule has 238 valence electrons. The highest BCUT2D eigenvalue weighted by Gasteiger charge is 2.42. The lowest BCUT2D eigenvalue weighted by Gasteiger charge is -2.27. The number of para-hydroxylation sites is 1. The molecule has 0 amide bonds. The molecule has 1 atom stereocenters. The van der Waals surface area contributed by atoms with Crippen LogP contribution in [0, 0.1) is 0 Å². The third-order valence-electron chi connectivity index (χ3n) is 11.5. The van der Waals surface area contributed by atoms with Crippen LogP contribution in [0.25, 0.3) is 82.1 Å². The van der Waals surface area contributed by atoms with E-state index in [4.69, 9.17) is 4.98 Å². The van der Waals surface area contributed by atoms with Gasteiger partial charge in [0.25, 0.3) is 0 Å². The molecule has 0 aliphatic heterocycles. The van der Waals surface area contributed by atoms with E-state index in [1.54, 1.807) is 0 Å². The van der Waals surface area contributed by atoms with Crippen LogP contribution >= 0.6 is 0 Å². The lowest BCUT2D eigenvalue weighted by Crippen LogP contribution is -2.23. The monoisotopic (exact) mass is 648 g/mol. The Bertz CT molecular complexity index is 3010.